The summed E-state index contributed by atoms with van der Waals surface area (Å²) in [4.78, 5) is 24.5. The number of carbonyl (C=O) groups is 2. The molecule has 7 heteroatoms. The van der Waals surface area contributed by atoms with E-state index in [1.54, 1.807) is 19.1 Å². The molecule has 142 valence electrons. The van der Waals surface area contributed by atoms with Gasteiger partial charge in [-0.3, -0.25) is 9.59 Å². The van der Waals surface area contributed by atoms with Gasteiger partial charge in [0.1, 0.15) is 0 Å². The second kappa shape index (κ2) is 6.37. The van der Waals surface area contributed by atoms with Gasteiger partial charge >= 0.3 is 5.97 Å². The number of nitrogens with one attached hydrogen (secondary N) is 1. The van der Waals surface area contributed by atoms with Crippen molar-refractivity contribution in [1.29, 1.82) is 0 Å². The predicted molar refractivity (Wildman–Crippen MR) is 96.6 cm³/mol. The number of aliphatic carboxylic acids is 1. The molecule has 0 aliphatic heterocycles. The molecule has 0 aromatic heterocycles. The van der Waals surface area contributed by atoms with Crippen molar-refractivity contribution in [3.63, 3.8) is 0 Å². The average molecular weight is 379 g/mol. The lowest BCUT2D eigenvalue weighted by Crippen LogP contribution is -2.52. The second-order valence-electron chi connectivity index (χ2n) is 7.74. The Hall–Kier alpha value is -1.89. The van der Waals surface area contributed by atoms with Crippen LogP contribution in [-0.2, 0) is 19.4 Å². The van der Waals surface area contributed by atoms with Crippen molar-refractivity contribution in [2.24, 2.45) is 5.41 Å². The molecular weight excluding hydrogens is 354 g/mol. The van der Waals surface area contributed by atoms with E-state index in [2.05, 4.69) is 5.32 Å². The minimum atomic E-state index is -3.88. The first-order valence-corrected chi connectivity index (χ1v) is 10.5. The van der Waals surface area contributed by atoms with Crippen LogP contribution in [0.1, 0.15) is 49.7 Å². The van der Waals surface area contributed by atoms with E-state index >= 15 is 0 Å². The first-order valence-electron chi connectivity index (χ1n) is 8.98. The minimum absolute atomic E-state index is 0.00869. The molecule has 2 fully saturated rings. The fourth-order valence-corrected chi connectivity index (χ4v) is 6.20. The minimum Gasteiger partial charge on any atom is -0.481 e. The van der Waals surface area contributed by atoms with E-state index in [0.717, 1.165) is 5.56 Å². The molecule has 2 saturated carbocycles. The quantitative estimate of drug-likeness (QED) is 0.790. The van der Waals surface area contributed by atoms with Gasteiger partial charge in [0.25, 0.3) is 0 Å². The normalized spacial score (nSPS) is 20.5. The molecule has 2 aliphatic carbocycles. The predicted octanol–water partition coefficient (Wildman–Crippen LogP) is 2.37. The zero-order valence-corrected chi connectivity index (χ0v) is 16.0. The van der Waals surface area contributed by atoms with Gasteiger partial charge in [-0.2, -0.15) is 0 Å². The summed E-state index contributed by atoms with van der Waals surface area (Å²) in [7, 11) is -3.88. The first-order chi connectivity index (χ1) is 12.1. The standard InChI is InChI=1S/C19H25NO5S/c1-13-5-6-14(2)15(11-13)26(24,25)19(7-3-4-8-19)16(21)20-12-18(9-10-18)17(22)23/h5-6,11H,3-4,7-10,12H2,1-2H3,(H,20,21)(H,22,23). The fourth-order valence-electron chi connectivity index (χ4n) is 3.80. The molecule has 3 rings (SSSR count). The number of hydrogen-bond donors (Lipinski definition) is 2. The number of rotatable bonds is 6. The summed E-state index contributed by atoms with van der Waals surface area (Å²) >= 11 is 0. The third kappa shape index (κ3) is 2.92. The number of hydrogen-bond acceptors (Lipinski definition) is 4. The Kier molecular flexibility index (Phi) is 4.63. The molecule has 0 atom stereocenters. The van der Waals surface area contributed by atoms with Gasteiger partial charge in [0.05, 0.1) is 10.3 Å². The van der Waals surface area contributed by atoms with Crippen molar-refractivity contribution in [2.75, 3.05) is 6.54 Å². The van der Waals surface area contributed by atoms with Crippen LogP contribution in [-0.4, -0.2) is 36.7 Å². The number of aryl methyl sites for hydroxylation is 2. The topological polar surface area (TPSA) is 101 Å². The summed E-state index contributed by atoms with van der Waals surface area (Å²) in [5, 5.41) is 11.9. The van der Waals surface area contributed by atoms with Crippen molar-refractivity contribution in [1.82, 2.24) is 5.32 Å². The van der Waals surface area contributed by atoms with Crippen molar-refractivity contribution < 1.29 is 23.1 Å². The molecule has 0 bridgehead atoms. The van der Waals surface area contributed by atoms with Crippen molar-refractivity contribution in [3.05, 3.63) is 29.3 Å². The molecule has 26 heavy (non-hydrogen) atoms. The van der Waals surface area contributed by atoms with Crippen LogP contribution in [0.5, 0.6) is 0 Å². The molecule has 0 spiro atoms. The van der Waals surface area contributed by atoms with E-state index in [1.165, 1.54) is 0 Å². The summed E-state index contributed by atoms with van der Waals surface area (Å²) in [6.07, 6.45) is 2.91. The van der Waals surface area contributed by atoms with Crippen LogP contribution in [0.15, 0.2) is 23.1 Å². The lowest BCUT2D eigenvalue weighted by Gasteiger charge is -2.29. The van der Waals surface area contributed by atoms with Crippen LogP contribution < -0.4 is 5.32 Å². The largest absolute Gasteiger partial charge is 0.481 e. The van der Waals surface area contributed by atoms with Gasteiger partial charge in [-0.15, -0.1) is 0 Å². The van der Waals surface area contributed by atoms with Gasteiger partial charge in [0, 0.05) is 6.54 Å². The van der Waals surface area contributed by atoms with Crippen LogP contribution in [0, 0.1) is 19.3 Å². The molecule has 2 aliphatic rings. The molecular formula is C19H25NO5S. The molecule has 6 nitrogen and oxygen atoms in total. The molecule has 1 amide bonds. The van der Waals surface area contributed by atoms with Gasteiger partial charge in [-0.1, -0.05) is 25.0 Å². The van der Waals surface area contributed by atoms with Crippen LogP contribution in [0.2, 0.25) is 0 Å². The molecule has 1 aromatic rings. The summed E-state index contributed by atoms with van der Waals surface area (Å²) < 4.78 is 25.4. The Labute approximate surface area is 153 Å². The lowest BCUT2D eigenvalue weighted by molar-refractivity contribution is -0.143. The Balaban J connectivity index is 1.93. The van der Waals surface area contributed by atoms with Crippen molar-refractivity contribution >= 4 is 21.7 Å². The zero-order chi connectivity index (χ0) is 19.2. The highest BCUT2D eigenvalue weighted by Crippen LogP contribution is 2.46. The SMILES string of the molecule is Cc1ccc(C)c(S(=O)(=O)C2(C(=O)NCC3(C(=O)O)CC3)CCCC2)c1. The summed E-state index contributed by atoms with van der Waals surface area (Å²) in [5.41, 5.74) is 0.530. The molecule has 2 N–H and O–H groups in total. The monoisotopic (exact) mass is 379 g/mol. The maximum absolute atomic E-state index is 13.5. The van der Waals surface area contributed by atoms with E-state index in [9.17, 15) is 23.1 Å². The van der Waals surface area contributed by atoms with Gasteiger partial charge < -0.3 is 10.4 Å². The highest BCUT2D eigenvalue weighted by molar-refractivity contribution is 7.93. The summed E-state index contributed by atoms with van der Waals surface area (Å²) in [6, 6.07) is 5.23. The Morgan fingerprint density at radius 2 is 1.73 bits per heavy atom. The highest BCUT2D eigenvalue weighted by atomic mass is 32.2. The number of carbonyl (C=O) groups excluding carboxylic acids is 1. The van der Waals surface area contributed by atoms with Crippen molar-refractivity contribution in [2.45, 2.75) is 62.0 Å². The summed E-state index contributed by atoms with van der Waals surface area (Å²) in [6.45, 7) is 3.55. The number of carboxylic acid groups (broad SMARTS) is 1. The molecule has 0 unspecified atom stereocenters. The van der Waals surface area contributed by atoms with Gasteiger partial charge in [0.2, 0.25) is 5.91 Å². The Morgan fingerprint density at radius 3 is 2.27 bits per heavy atom. The Bertz CT molecular complexity index is 849. The van der Waals surface area contributed by atoms with Crippen LogP contribution in [0.25, 0.3) is 0 Å². The number of benzene rings is 1. The van der Waals surface area contributed by atoms with Crippen LogP contribution in [0.4, 0.5) is 0 Å². The third-order valence-corrected chi connectivity index (χ3v) is 8.51. The van der Waals surface area contributed by atoms with E-state index in [4.69, 9.17) is 0 Å². The maximum atomic E-state index is 13.5. The number of amides is 1. The molecule has 0 heterocycles. The average Bonchev–Trinajstić information content (AvgIpc) is 3.21. The number of carboxylic acids is 1. The highest BCUT2D eigenvalue weighted by Gasteiger charge is 2.55. The number of sulfone groups is 1. The van der Waals surface area contributed by atoms with Crippen LogP contribution in [0.3, 0.4) is 0 Å². The molecule has 0 radical (unpaired) electrons. The Morgan fingerprint density at radius 1 is 1.12 bits per heavy atom. The zero-order valence-electron chi connectivity index (χ0n) is 15.2. The van der Waals surface area contributed by atoms with Crippen molar-refractivity contribution in [3.8, 4) is 0 Å². The third-order valence-electron chi connectivity index (χ3n) is 5.87. The van der Waals surface area contributed by atoms with Gasteiger partial charge in [-0.25, -0.2) is 8.42 Å². The molecule has 1 aromatic carbocycles. The lowest BCUT2D eigenvalue weighted by atomic mass is 10.0. The first kappa shape index (κ1) is 18.9. The van der Waals surface area contributed by atoms with E-state index in [-0.39, 0.29) is 24.3 Å². The van der Waals surface area contributed by atoms with Gasteiger partial charge in [0.15, 0.2) is 14.6 Å². The van der Waals surface area contributed by atoms with E-state index in [0.29, 0.717) is 31.2 Å². The van der Waals surface area contributed by atoms with E-state index < -0.39 is 31.9 Å². The molecule has 0 saturated heterocycles. The smallest absolute Gasteiger partial charge is 0.311 e. The van der Waals surface area contributed by atoms with Gasteiger partial charge in [-0.05, 0) is 56.7 Å². The maximum Gasteiger partial charge on any atom is 0.311 e. The summed E-state index contributed by atoms with van der Waals surface area (Å²) in [5.74, 6) is -1.49. The van der Waals surface area contributed by atoms with E-state index in [1.807, 2.05) is 13.0 Å². The van der Waals surface area contributed by atoms with Crippen LogP contribution >= 0.6 is 0 Å². The fraction of sp³-hybridized carbons (Fsp3) is 0.579. The second-order valence-corrected chi connectivity index (χ2v) is 9.97.